The highest BCUT2D eigenvalue weighted by Crippen LogP contribution is 2.36. The Morgan fingerprint density at radius 2 is 2.25 bits per heavy atom. The van der Waals surface area contributed by atoms with Gasteiger partial charge in [0.2, 0.25) is 0 Å². The molecule has 1 aliphatic rings. The lowest BCUT2D eigenvalue weighted by molar-refractivity contribution is 0.633. The molecule has 2 N–H and O–H groups in total. The molecule has 0 fully saturated rings. The molecule has 0 unspecified atom stereocenters. The van der Waals surface area contributed by atoms with Crippen molar-refractivity contribution in [1.82, 2.24) is 10.3 Å². The molecule has 0 atom stereocenters. The van der Waals surface area contributed by atoms with Gasteiger partial charge in [-0.3, -0.25) is 0 Å². The van der Waals surface area contributed by atoms with E-state index >= 15 is 0 Å². The number of rotatable bonds is 0. The molecule has 0 saturated heterocycles. The first-order valence-corrected chi connectivity index (χ1v) is 6.23. The quantitative estimate of drug-likeness (QED) is 0.718. The molecular formula is C11H9BrClFN2. The monoisotopic (exact) mass is 302 g/mol. The highest BCUT2D eigenvalue weighted by molar-refractivity contribution is 9.10. The lowest BCUT2D eigenvalue weighted by atomic mass is 10.1. The summed E-state index contributed by atoms with van der Waals surface area (Å²) in [7, 11) is 0. The van der Waals surface area contributed by atoms with Gasteiger partial charge in [-0.25, -0.2) is 4.39 Å². The second-order valence-electron chi connectivity index (χ2n) is 3.91. The van der Waals surface area contributed by atoms with Crippen molar-refractivity contribution < 1.29 is 4.39 Å². The van der Waals surface area contributed by atoms with E-state index in [0.29, 0.717) is 5.52 Å². The van der Waals surface area contributed by atoms with Crippen molar-refractivity contribution in [1.29, 1.82) is 0 Å². The summed E-state index contributed by atoms with van der Waals surface area (Å²) in [5, 5.41) is 4.34. The second-order valence-corrected chi connectivity index (χ2v) is 5.17. The fourth-order valence-corrected chi connectivity index (χ4v) is 3.22. The molecule has 2 aromatic rings. The molecule has 16 heavy (non-hydrogen) atoms. The SMILES string of the molecule is Fc1c(Cl)cc(Br)c2c3c([nH]c12)CCNC3. The van der Waals surface area contributed by atoms with Crippen molar-refractivity contribution in [3.8, 4) is 0 Å². The molecule has 0 spiro atoms. The molecule has 1 aliphatic heterocycles. The van der Waals surface area contributed by atoms with E-state index < -0.39 is 0 Å². The Labute approximate surface area is 105 Å². The minimum Gasteiger partial charge on any atom is -0.356 e. The second kappa shape index (κ2) is 3.72. The third kappa shape index (κ3) is 1.40. The van der Waals surface area contributed by atoms with Crippen LogP contribution in [0.2, 0.25) is 5.02 Å². The van der Waals surface area contributed by atoms with Crippen LogP contribution in [0.5, 0.6) is 0 Å². The third-order valence-electron chi connectivity index (χ3n) is 2.97. The molecule has 2 heterocycles. The van der Waals surface area contributed by atoms with E-state index in [0.717, 1.165) is 40.6 Å². The molecule has 3 rings (SSSR count). The Hall–Kier alpha value is -0.580. The summed E-state index contributed by atoms with van der Waals surface area (Å²) in [4.78, 5) is 3.14. The molecule has 2 nitrogen and oxygen atoms in total. The van der Waals surface area contributed by atoms with Crippen LogP contribution in [0, 0.1) is 5.82 Å². The Morgan fingerprint density at radius 1 is 1.44 bits per heavy atom. The van der Waals surface area contributed by atoms with Gasteiger partial charge in [0, 0.05) is 35.1 Å². The zero-order valence-electron chi connectivity index (χ0n) is 8.33. The zero-order chi connectivity index (χ0) is 11.3. The highest BCUT2D eigenvalue weighted by atomic mass is 79.9. The minimum absolute atomic E-state index is 0.144. The normalized spacial score (nSPS) is 15.4. The van der Waals surface area contributed by atoms with Gasteiger partial charge in [-0.15, -0.1) is 0 Å². The van der Waals surface area contributed by atoms with E-state index in [1.54, 1.807) is 6.07 Å². The summed E-state index contributed by atoms with van der Waals surface area (Å²) in [5.74, 6) is -0.366. The van der Waals surface area contributed by atoms with Gasteiger partial charge in [-0.1, -0.05) is 27.5 Å². The number of H-pyrrole nitrogens is 1. The van der Waals surface area contributed by atoms with Crippen molar-refractivity contribution in [3.05, 3.63) is 32.6 Å². The van der Waals surface area contributed by atoms with Gasteiger partial charge in [0.05, 0.1) is 10.5 Å². The first kappa shape index (κ1) is 10.6. The molecule has 84 valence electrons. The third-order valence-corrected chi connectivity index (χ3v) is 3.87. The summed E-state index contributed by atoms with van der Waals surface area (Å²) in [6.07, 6.45) is 0.896. The van der Waals surface area contributed by atoms with Crippen LogP contribution in [0.4, 0.5) is 4.39 Å². The lowest BCUT2D eigenvalue weighted by Crippen LogP contribution is -2.22. The predicted octanol–water partition coefficient (Wildman–Crippen LogP) is 3.37. The Balaban J connectivity index is 2.42. The Bertz CT molecular complexity index is 579. The Kier molecular flexibility index (Phi) is 2.46. The van der Waals surface area contributed by atoms with Crippen molar-refractivity contribution in [3.63, 3.8) is 0 Å². The molecule has 0 radical (unpaired) electrons. The van der Waals surface area contributed by atoms with Crippen molar-refractivity contribution in [2.75, 3.05) is 6.54 Å². The van der Waals surface area contributed by atoms with Crippen LogP contribution < -0.4 is 5.32 Å². The number of hydrogen-bond acceptors (Lipinski definition) is 1. The van der Waals surface area contributed by atoms with Crippen LogP contribution in [0.25, 0.3) is 10.9 Å². The maximum Gasteiger partial charge on any atom is 0.165 e. The van der Waals surface area contributed by atoms with E-state index in [1.165, 1.54) is 0 Å². The molecule has 1 aromatic carbocycles. The summed E-state index contributed by atoms with van der Waals surface area (Å²) in [6, 6.07) is 1.61. The van der Waals surface area contributed by atoms with Gasteiger partial charge in [0.15, 0.2) is 5.82 Å². The smallest absolute Gasteiger partial charge is 0.165 e. The van der Waals surface area contributed by atoms with Crippen LogP contribution in [0.3, 0.4) is 0 Å². The maximum absolute atomic E-state index is 13.9. The number of fused-ring (bicyclic) bond motifs is 3. The van der Waals surface area contributed by atoms with Gasteiger partial charge in [-0.05, 0) is 11.6 Å². The van der Waals surface area contributed by atoms with Crippen LogP contribution in [0.15, 0.2) is 10.5 Å². The molecular weight excluding hydrogens is 294 g/mol. The minimum atomic E-state index is -0.366. The van der Waals surface area contributed by atoms with Crippen LogP contribution in [-0.2, 0) is 13.0 Å². The van der Waals surface area contributed by atoms with E-state index in [9.17, 15) is 4.39 Å². The fraction of sp³-hybridized carbons (Fsp3) is 0.273. The van der Waals surface area contributed by atoms with Crippen molar-refractivity contribution in [2.24, 2.45) is 0 Å². The van der Waals surface area contributed by atoms with Crippen molar-refractivity contribution in [2.45, 2.75) is 13.0 Å². The molecule has 5 heteroatoms. The average molecular weight is 304 g/mol. The van der Waals surface area contributed by atoms with E-state index in [1.807, 2.05) is 0 Å². The molecule has 0 amide bonds. The molecule has 1 aromatic heterocycles. The fourth-order valence-electron chi connectivity index (χ4n) is 2.22. The average Bonchev–Trinajstić information content (AvgIpc) is 2.65. The lowest BCUT2D eigenvalue weighted by Gasteiger charge is -2.12. The zero-order valence-corrected chi connectivity index (χ0v) is 10.7. The van der Waals surface area contributed by atoms with Crippen LogP contribution >= 0.6 is 27.5 Å². The number of benzene rings is 1. The number of halogens is 3. The molecule has 0 bridgehead atoms. The maximum atomic E-state index is 13.9. The molecule has 0 saturated carbocycles. The number of aromatic amines is 1. The number of nitrogens with one attached hydrogen (secondary N) is 2. The van der Waals surface area contributed by atoms with E-state index in [-0.39, 0.29) is 10.8 Å². The summed E-state index contributed by atoms with van der Waals surface area (Å²) in [6.45, 7) is 1.70. The van der Waals surface area contributed by atoms with Gasteiger partial charge in [0.25, 0.3) is 0 Å². The van der Waals surface area contributed by atoms with E-state index in [4.69, 9.17) is 11.6 Å². The first-order valence-electron chi connectivity index (χ1n) is 5.06. The number of aromatic nitrogens is 1. The predicted molar refractivity (Wildman–Crippen MR) is 66.4 cm³/mol. The summed E-state index contributed by atoms with van der Waals surface area (Å²) in [5.41, 5.74) is 2.76. The molecule has 0 aliphatic carbocycles. The van der Waals surface area contributed by atoms with Crippen LogP contribution in [0.1, 0.15) is 11.3 Å². The van der Waals surface area contributed by atoms with Gasteiger partial charge in [-0.2, -0.15) is 0 Å². The topological polar surface area (TPSA) is 27.8 Å². The van der Waals surface area contributed by atoms with Gasteiger partial charge < -0.3 is 10.3 Å². The van der Waals surface area contributed by atoms with E-state index in [2.05, 4.69) is 26.2 Å². The Morgan fingerprint density at radius 3 is 3.06 bits per heavy atom. The summed E-state index contributed by atoms with van der Waals surface area (Å²) >= 11 is 9.26. The van der Waals surface area contributed by atoms with Gasteiger partial charge >= 0.3 is 0 Å². The first-order chi connectivity index (χ1) is 7.68. The van der Waals surface area contributed by atoms with Crippen LogP contribution in [-0.4, -0.2) is 11.5 Å². The van der Waals surface area contributed by atoms with Gasteiger partial charge in [0.1, 0.15) is 0 Å². The number of hydrogen-bond donors (Lipinski definition) is 2. The highest BCUT2D eigenvalue weighted by Gasteiger charge is 2.20. The largest absolute Gasteiger partial charge is 0.356 e. The van der Waals surface area contributed by atoms with Crippen molar-refractivity contribution >= 4 is 38.4 Å². The summed E-state index contributed by atoms with van der Waals surface area (Å²) < 4.78 is 14.7. The standard InChI is InChI=1S/C11H9BrClFN2/c12-6-3-7(13)10(14)11-9(6)5-4-15-2-1-8(5)16-11/h3,15-16H,1-2,4H2.